The van der Waals surface area contributed by atoms with Crippen molar-refractivity contribution in [3.8, 4) is 5.75 Å². The third-order valence-electron chi connectivity index (χ3n) is 3.58. The van der Waals surface area contributed by atoms with Crippen LogP contribution in [-0.4, -0.2) is 30.5 Å². The van der Waals surface area contributed by atoms with E-state index in [0.29, 0.717) is 12.6 Å². The average Bonchev–Trinajstić information content (AvgIpc) is 3.20. The van der Waals surface area contributed by atoms with E-state index in [-0.39, 0.29) is 12.5 Å². The van der Waals surface area contributed by atoms with Crippen LogP contribution < -0.4 is 10.5 Å². The number of rotatable bonds is 5. The highest BCUT2D eigenvalue weighted by Crippen LogP contribution is 2.27. The summed E-state index contributed by atoms with van der Waals surface area (Å²) in [6, 6.07) is 4.45. The summed E-state index contributed by atoms with van der Waals surface area (Å²) < 4.78 is 5.70. The van der Waals surface area contributed by atoms with Crippen molar-refractivity contribution in [1.29, 1.82) is 0 Å². The fraction of sp³-hybridized carbons (Fsp3) is 0.533. The van der Waals surface area contributed by atoms with Gasteiger partial charge in [-0.25, -0.2) is 0 Å². The smallest absolute Gasteiger partial charge is 0.260 e. The van der Waals surface area contributed by atoms with Crippen LogP contribution in [0.4, 0.5) is 0 Å². The number of carbonyl (C=O) groups is 1. The van der Waals surface area contributed by atoms with Crippen LogP contribution in [-0.2, 0) is 11.3 Å². The van der Waals surface area contributed by atoms with Crippen molar-refractivity contribution in [2.45, 2.75) is 39.3 Å². The van der Waals surface area contributed by atoms with Crippen LogP contribution in [0.15, 0.2) is 12.1 Å². The van der Waals surface area contributed by atoms with E-state index in [0.717, 1.165) is 35.3 Å². The van der Waals surface area contributed by atoms with Gasteiger partial charge in [0, 0.05) is 19.6 Å². The molecule has 0 aliphatic heterocycles. The van der Waals surface area contributed by atoms with E-state index in [1.54, 1.807) is 4.90 Å². The van der Waals surface area contributed by atoms with E-state index < -0.39 is 0 Å². The predicted molar refractivity (Wildman–Crippen MR) is 75.1 cm³/mol. The minimum Gasteiger partial charge on any atom is -0.483 e. The van der Waals surface area contributed by atoms with E-state index >= 15 is 0 Å². The second-order valence-corrected chi connectivity index (χ2v) is 5.29. The fourth-order valence-corrected chi connectivity index (χ4v) is 2.29. The minimum atomic E-state index is 0.0456. The van der Waals surface area contributed by atoms with Gasteiger partial charge < -0.3 is 15.4 Å². The monoisotopic (exact) mass is 262 g/mol. The van der Waals surface area contributed by atoms with Crippen LogP contribution in [0.1, 0.15) is 29.5 Å². The number of nitrogens with two attached hydrogens (primary N) is 1. The van der Waals surface area contributed by atoms with Crippen LogP contribution in [0.2, 0.25) is 0 Å². The molecule has 0 spiro atoms. The van der Waals surface area contributed by atoms with Gasteiger partial charge >= 0.3 is 0 Å². The van der Waals surface area contributed by atoms with E-state index in [9.17, 15) is 4.79 Å². The van der Waals surface area contributed by atoms with Crippen molar-refractivity contribution in [3.63, 3.8) is 0 Å². The summed E-state index contributed by atoms with van der Waals surface area (Å²) >= 11 is 0. The van der Waals surface area contributed by atoms with Crippen LogP contribution in [0.3, 0.4) is 0 Å². The molecule has 0 unspecified atom stereocenters. The molecule has 1 fully saturated rings. The van der Waals surface area contributed by atoms with Gasteiger partial charge in [0.05, 0.1) is 0 Å². The van der Waals surface area contributed by atoms with Gasteiger partial charge in [-0.15, -0.1) is 0 Å². The molecule has 2 rings (SSSR count). The summed E-state index contributed by atoms with van der Waals surface area (Å²) in [7, 11) is 1.85. The molecule has 0 bridgehead atoms. The molecule has 1 amide bonds. The van der Waals surface area contributed by atoms with Gasteiger partial charge in [0.1, 0.15) is 5.75 Å². The first kappa shape index (κ1) is 13.9. The number of hydrogen-bond donors (Lipinski definition) is 1. The van der Waals surface area contributed by atoms with Crippen molar-refractivity contribution in [2.24, 2.45) is 5.73 Å². The Morgan fingerprint density at radius 1 is 1.37 bits per heavy atom. The zero-order chi connectivity index (χ0) is 14.0. The lowest BCUT2D eigenvalue weighted by molar-refractivity contribution is -0.132. The number of hydrogen-bond acceptors (Lipinski definition) is 3. The van der Waals surface area contributed by atoms with Gasteiger partial charge in [-0.1, -0.05) is 12.1 Å². The van der Waals surface area contributed by atoms with Crippen molar-refractivity contribution < 1.29 is 9.53 Å². The maximum atomic E-state index is 11.9. The Hall–Kier alpha value is -1.55. The van der Waals surface area contributed by atoms with Gasteiger partial charge in [-0.05, 0) is 43.4 Å². The van der Waals surface area contributed by atoms with Crippen LogP contribution >= 0.6 is 0 Å². The molecule has 0 atom stereocenters. The van der Waals surface area contributed by atoms with E-state index in [2.05, 4.69) is 0 Å². The summed E-state index contributed by atoms with van der Waals surface area (Å²) in [5.41, 5.74) is 8.78. The van der Waals surface area contributed by atoms with Gasteiger partial charge in [-0.3, -0.25) is 4.79 Å². The maximum absolute atomic E-state index is 11.9. The molecule has 2 N–H and O–H groups in total. The second kappa shape index (κ2) is 5.61. The lowest BCUT2D eigenvalue weighted by atomic mass is 10.1. The summed E-state index contributed by atoms with van der Waals surface area (Å²) in [4.78, 5) is 13.7. The summed E-state index contributed by atoms with van der Waals surface area (Å²) in [6.45, 7) is 4.59. The number of ether oxygens (including phenoxy) is 1. The molecular weight excluding hydrogens is 240 g/mol. The summed E-state index contributed by atoms with van der Waals surface area (Å²) in [5.74, 6) is 0.846. The largest absolute Gasteiger partial charge is 0.483 e. The van der Waals surface area contributed by atoms with E-state index in [1.807, 2.05) is 33.0 Å². The van der Waals surface area contributed by atoms with E-state index in [1.165, 1.54) is 0 Å². The Kier molecular flexibility index (Phi) is 4.10. The normalized spacial score (nSPS) is 14.3. The molecule has 1 saturated carbocycles. The molecular formula is C15H22N2O2. The molecule has 0 heterocycles. The highest BCUT2D eigenvalue weighted by Gasteiger charge is 2.29. The second-order valence-electron chi connectivity index (χ2n) is 5.29. The minimum absolute atomic E-state index is 0.0456. The lowest BCUT2D eigenvalue weighted by Crippen LogP contribution is -2.33. The molecule has 0 aromatic heterocycles. The maximum Gasteiger partial charge on any atom is 0.260 e. The van der Waals surface area contributed by atoms with Gasteiger partial charge in [0.15, 0.2) is 6.61 Å². The SMILES string of the molecule is Cc1cc(CN)cc(C)c1OCC(=O)N(C)C1CC1. The Morgan fingerprint density at radius 3 is 2.42 bits per heavy atom. The first-order chi connectivity index (χ1) is 9.02. The van der Waals surface area contributed by atoms with E-state index in [4.69, 9.17) is 10.5 Å². The predicted octanol–water partition coefficient (Wildman–Crippen LogP) is 1.76. The number of carbonyl (C=O) groups excluding carboxylic acids is 1. The third-order valence-corrected chi connectivity index (χ3v) is 3.58. The standard InChI is InChI=1S/C15H22N2O2/c1-10-6-12(8-16)7-11(2)15(10)19-9-14(18)17(3)13-4-5-13/h6-7,13H,4-5,8-9,16H2,1-3H3. The number of aryl methyl sites for hydroxylation is 2. The van der Waals surface area contributed by atoms with Gasteiger partial charge in [0.25, 0.3) is 5.91 Å². The number of nitrogens with zero attached hydrogens (tertiary/aromatic N) is 1. The summed E-state index contributed by atoms with van der Waals surface area (Å²) in [6.07, 6.45) is 2.23. The van der Waals surface area contributed by atoms with Crippen molar-refractivity contribution in [1.82, 2.24) is 4.90 Å². The quantitative estimate of drug-likeness (QED) is 0.879. The first-order valence-electron chi connectivity index (χ1n) is 6.71. The lowest BCUT2D eigenvalue weighted by Gasteiger charge is -2.18. The molecule has 1 aromatic carbocycles. The topological polar surface area (TPSA) is 55.6 Å². The molecule has 1 aliphatic rings. The van der Waals surface area contributed by atoms with Gasteiger partial charge in [0.2, 0.25) is 0 Å². The van der Waals surface area contributed by atoms with Crippen molar-refractivity contribution >= 4 is 5.91 Å². The number of benzene rings is 1. The Morgan fingerprint density at radius 2 is 1.95 bits per heavy atom. The van der Waals surface area contributed by atoms with Crippen molar-refractivity contribution in [2.75, 3.05) is 13.7 Å². The summed E-state index contributed by atoms with van der Waals surface area (Å²) in [5, 5.41) is 0. The Bertz CT molecular complexity index is 458. The van der Waals surface area contributed by atoms with Crippen LogP contribution in [0, 0.1) is 13.8 Å². The molecule has 0 saturated heterocycles. The molecule has 104 valence electrons. The molecule has 0 radical (unpaired) electrons. The zero-order valence-electron chi connectivity index (χ0n) is 11.9. The number of likely N-dealkylation sites (N-methyl/N-ethyl adjacent to an activating group) is 1. The Labute approximate surface area is 114 Å². The van der Waals surface area contributed by atoms with Crippen LogP contribution in [0.5, 0.6) is 5.75 Å². The van der Waals surface area contributed by atoms with Crippen LogP contribution in [0.25, 0.3) is 0 Å². The Balaban J connectivity index is 2.00. The molecule has 4 nitrogen and oxygen atoms in total. The number of amides is 1. The molecule has 4 heteroatoms. The molecule has 1 aromatic rings. The average molecular weight is 262 g/mol. The zero-order valence-corrected chi connectivity index (χ0v) is 11.9. The fourth-order valence-electron chi connectivity index (χ4n) is 2.29. The van der Waals surface area contributed by atoms with Gasteiger partial charge in [-0.2, -0.15) is 0 Å². The third kappa shape index (κ3) is 3.26. The first-order valence-corrected chi connectivity index (χ1v) is 6.71. The van der Waals surface area contributed by atoms with Crippen molar-refractivity contribution in [3.05, 3.63) is 28.8 Å². The highest BCUT2D eigenvalue weighted by molar-refractivity contribution is 5.78. The highest BCUT2D eigenvalue weighted by atomic mass is 16.5. The molecule has 1 aliphatic carbocycles. The molecule has 19 heavy (non-hydrogen) atoms.